The Labute approximate surface area is 188 Å². The van der Waals surface area contributed by atoms with Crippen LogP contribution in [-0.4, -0.2) is 59.9 Å². The first-order chi connectivity index (χ1) is 15.4. The van der Waals surface area contributed by atoms with Gasteiger partial charge >= 0.3 is 5.69 Å². The Kier molecular flexibility index (Phi) is 6.46. The second-order valence-corrected chi connectivity index (χ2v) is 8.52. The van der Waals surface area contributed by atoms with E-state index in [9.17, 15) is 9.59 Å². The van der Waals surface area contributed by atoms with E-state index in [1.807, 2.05) is 9.47 Å². The molecule has 0 bridgehead atoms. The summed E-state index contributed by atoms with van der Waals surface area (Å²) >= 11 is 1.41. The van der Waals surface area contributed by atoms with Gasteiger partial charge in [0.1, 0.15) is 5.82 Å². The Balaban J connectivity index is 1.68. The Morgan fingerprint density at radius 3 is 2.53 bits per heavy atom. The number of rotatable bonds is 7. The van der Waals surface area contributed by atoms with Crippen molar-refractivity contribution in [1.29, 1.82) is 0 Å². The zero-order valence-electron chi connectivity index (χ0n) is 18.4. The summed E-state index contributed by atoms with van der Waals surface area (Å²) in [5.74, 6) is 1.62. The van der Waals surface area contributed by atoms with E-state index in [-0.39, 0.29) is 11.5 Å². The number of hydrogen-bond acceptors (Lipinski definition) is 10. The molecule has 0 aliphatic carbocycles. The van der Waals surface area contributed by atoms with Crippen LogP contribution >= 0.6 is 11.8 Å². The van der Waals surface area contributed by atoms with Crippen molar-refractivity contribution in [1.82, 2.24) is 33.6 Å². The number of anilines is 2. The van der Waals surface area contributed by atoms with Gasteiger partial charge in [-0.2, -0.15) is 15.0 Å². The van der Waals surface area contributed by atoms with Gasteiger partial charge < -0.3 is 19.9 Å². The maximum Gasteiger partial charge on any atom is 0.332 e. The van der Waals surface area contributed by atoms with E-state index in [2.05, 4.69) is 26.9 Å². The molecule has 3 aromatic rings. The van der Waals surface area contributed by atoms with Crippen LogP contribution in [0.15, 0.2) is 14.7 Å². The predicted octanol–water partition coefficient (Wildman–Crippen LogP) is 0.130. The first-order valence-corrected chi connectivity index (χ1v) is 11.5. The predicted molar refractivity (Wildman–Crippen MR) is 122 cm³/mol. The molecule has 1 saturated heterocycles. The van der Waals surface area contributed by atoms with Gasteiger partial charge in [0.25, 0.3) is 5.56 Å². The second kappa shape index (κ2) is 9.28. The third-order valence-corrected chi connectivity index (χ3v) is 6.33. The van der Waals surface area contributed by atoms with Crippen LogP contribution in [0.2, 0.25) is 0 Å². The minimum atomic E-state index is -0.403. The van der Waals surface area contributed by atoms with E-state index in [0.29, 0.717) is 66.7 Å². The van der Waals surface area contributed by atoms with Crippen LogP contribution in [0.3, 0.4) is 0 Å². The number of thioether (sulfide) groups is 1. The van der Waals surface area contributed by atoms with Crippen molar-refractivity contribution in [3.8, 4) is 0 Å². The summed E-state index contributed by atoms with van der Waals surface area (Å²) in [5, 5.41) is 0.638. The highest BCUT2D eigenvalue weighted by molar-refractivity contribution is 7.98. The Morgan fingerprint density at radius 2 is 1.81 bits per heavy atom. The normalized spacial score (nSPS) is 14.4. The highest BCUT2D eigenvalue weighted by Gasteiger charge is 2.20. The number of unbranched alkanes of at least 4 members (excludes halogenated alkanes) is 1. The standard InChI is InChI=1S/C19H27N9O3S/c1-4-5-6-28-13-14(25(2)19(30)26(3)15(13)29)23-18(28)32-11-12-21-16(20)24-17(22-12)27-7-9-31-10-8-27/h4-11H2,1-3H3,(H2,20,21,22,24). The molecule has 172 valence electrons. The Hall–Kier alpha value is -2.93. The van der Waals surface area contributed by atoms with E-state index in [4.69, 9.17) is 10.5 Å². The lowest BCUT2D eigenvalue weighted by atomic mass is 10.3. The highest BCUT2D eigenvalue weighted by Crippen LogP contribution is 2.25. The van der Waals surface area contributed by atoms with Gasteiger partial charge in [-0.3, -0.25) is 13.9 Å². The van der Waals surface area contributed by atoms with Crippen molar-refractivity contribution in [2.75, 3.05) is 36.9 Å². The molecule has 0 atom stereocenters. The molecule has 0 radical (unpaired) electrons. The summed E-state index contributed by atoms with van der Waals surface area (Å²) in [7, 11) is 3.10. The van der Waals surface area contributed by atoms with Gasteiger partial charge in [0.15, 0.2) is 16.3 Å². The quantitative estimate of drug-likeness (QED) is 0.483. The van der Waals surface area contributed by atoms with E-state index < -0.39 is 5.69 Å². The molecular formula is C19H27N9O3S. The SMILES string of the molecule is CCCCn1c(SCc2nc(N)nc(N3CCOCC3)n2)nc2c1c(=O)n(C)c(=O)n2C. The van der Waals surface area contributed by atoms with Crippen LogP contribution < -0.4 is 21.9 Å². The fraction of sp³-hybridized carbons (Fsp3) is 0.579. The number of fused-ring (bicyclic) bond motifs is 1. The Morgan fingerprint density at radius 1 is 1.06 bits per heavy atom. The Bertz CT molecular complexity index is 1240. The largest absolute Gasteiger partial charge is 0.378 e. The minimum Gasteiger partial charge on any atom is -0.378 e. The van der Waals surface area contributed by atoms with Gasteiger partial charge in [0, 0.05) is 33.7 Å². The molecule has 1 aliphatic rings. The number of ether oxygens (including phenoxy) is 1. The van der Waals surface area contributed by atoms with Gasteiger partial charge in [0.2, 0.25) is 11.9 Å². The molecule has 1 fully saturated rings. The van der Waals surface area contributed by atoms with Crippen LogP contribution in [-0.2, 0) is 31.1 Å². The van der Waals surface area contributed by atoms with Gasteiger partial charge in [-0.1, -0.05) is 25.1 Å². The van der Waals surface area contributed by atoms with E-state index >= 15 is 0 Å². The average Bonchev–Trinajstić information content (AvgIpc) is 3.17. The lowest BCUT2D eigenvalue weighted by Gasteiger charge is -2.26. The number of nitrogen functional groups attached to an aromatic ring is 1. The maximum atomic E-state index is 12.9. The first kappa shape index (κ1) is 22.3. The van der Waals surface area contributed by atoms with E-state index in [1.165, 1.54) is 23.4 Å². The molecule has 32 heavy (non-hydrogen) atoms. The van der Waals surface area contributed by atoms with E-state index in [0.717, 1.165) is 17.4 Å². The number of hydrogen-bond donors (Lipinski definition) is 1. The van der Waals surface area contributed by atoms with Crippen molar-refractivity contribution in [3.63, 3.8) is 0 Å². The molecule has 2 N–H and O–H groups in total. The van der Waals surface area contributed by atoms with Crippen LogP contribution in [0.4, 0.5) is 11.9 Å². The summed E-state index contributed by atoms with van der Waals surface area (Å²) < 4.78 is 9.79. The number of nitrogens with zero attached hydrogens (tertiary/aromatic N) is 8. The van der Waals surface area contributed by atoms with Crippen LogP contribution in [0, 0.1) is 0 Å². The van der Waals surface area contributed by atoms with Gasteiger partial charge in [-0.15, -0.1) is 0 Å². The van der Waals surface area contributed by atoms with Gasteiger partial charge in [-0.25, -0.2) is 9.78 Å². The number of aromatic nitrogens is 7. The van der Waals surface area contributed by atoms with Gasteiger partial charge in [0.05, 0.1) is 19.0 Å². The van der Waals surface area contributed by atoms with Crippen LogP contribution in [0.1, 0.15) is 25.6 Å². The smallest absolute Gasteiger partial charge is 0.332 e. The molecule has 0 aromatic carbocycles. The highest BCUT2D eigenvalue weighted by atomic mass is 32.2. The molecule has 1 aliphatic heterocycles. The molecule has 3 aromatic heterocycles. The molecule has 4 rings (SSSR count). The molecule has 0 spiro atoms. The molecule has 0 saturated carbocycles. The molecule has 0 amide bonds. The summed E-state index contributed by atoms with van der Waals surface area (Å²) in [5.41, 5.74) is 5.98. The number of morpholine rings is 1. The molecule has 4 heterocycles. The topological polar surface area (TPSA) is 139 Å². The van der Waals surface area contributed by atoms with Crippen molar-refractivity contribution in [3.05, 3.63) is 26.7 Å². The van der Waals surface area contributed by atoms with E-state index in [1.54, 1.807) is 7.05 Å². The third kappa shape index (κ3) is 4.21. The summed E-state index contributed by atoms with van der Waals surface area (Å²) in [6.07, 6.45) is 1.84. The summed E-state index contributed by atoms with van der Waals surface area (Å²) in [6, 6.07) is 0. The average molecular weight is 462 g/mol. The number of aryl methyl sites for hydroxylation is 2. The lowest BCUT2D eigenvalue weighted by Crippen LogP contribution is -2.37. The lowest BCUT2D eigenvalue weighted by molar-refractivity contribution is 0.122. The van der Waals surface area contributed by atoms with Crippen LogP contribution in [0.25, 0.3) is 11.2 Å². The minimum absolute atomic E-state index is 0.160. The number of imidazole rings is 1. The third-order valence-electron chi connectivity index (χ3n) is 5.36. The zero-order valence-corrected chi connectivity index (χ0v) is 19.3. The van der Waals surface area contributed by atoms with Gasteiger partial charge in [-0.05, 0) is 6.42 Å². The first-order valence-electron chi connectivity index (χ1n) is 10.5. The molecular weight excluding hydrogens is 434 g/mol. The van der Waals surface area contributed by atoms with Crippen molar-refractivity contribution in [2.45, 2.75) is 37.2 Å². The maximum absolute atomic E-state index is 12.9. The number of nitrogens with two attached hydrogens (primary N) is 1. The molecule has 12 nitrogen and oxygen atoms in total. The van der Waals surface area contributed by atoms with Crippen LogP contribution in [0.5, 0.6) is 0 Å². The van der Waals surface area contributed by atoms with Crippen molar-refractivity contribution in [2.24, 2.45) is 14.1 Å². The zero-order chi connectivity index (χ0) is 22.8. The molecule has 13 heteroatoms. The van der Waals surface area contributed by atoms with Crippen molar-refractivity contribution < 1.29 is 4.74 Å². The fourth-order valence-electron chi connectivity index (χ4n) is 3.58. The van der Waals surface area contributed by atoms with Crippen molar-refractivity contribution >= 4 is 34.8 Å². The summed E-state index contributed by atoms with van der Waals surface area (Å²) in [4.78, 5) is 45.0. The fourth-order valence-corrected chi connectivity index (χ4v) is 4.46. The monoisotopic (exact) mass is 461 g/mol. The molecule has 0 unspecified atom stereocenters. The second-order valence-electron chi connectivity index (χ2n) is 7.58. The summed E-state index contributed by atoms with van der Waals surface area (Å²) in [6.45, 7) is 5.33.